The van der Waals surface area contributed by atoms with E-state index in [9.17, 15) is 18.0 Å². The Kier molecular flexibility index (Phi) is 6.90. The third kappa shape index (κ3) is 5.06. The van der Waals surface area contributed by atoms with Crippen molar-refractivity contribution >= 4 is 23.4 Å². The van der Waals surface area contributed by atoms with Crippen LogP contribution in [0.3, 0.4) is 0 Å². The lowest BCUT2D eigenvalue weighted by atomic mass is 10.1. The Morgan fingerprint density at radius 2 is 1.60 bits per heavy atom. The van der Waals surface area contributed by atoms with E-state index in [-0.39, 0.29) is 18.1 Å². The normalized spacial score (nSPS) is 16.0. The van der Waals surface area contributed by atoms with Crippen LogP contribution in [-0.2, 0) is 19.3 Å². The number of nitrogens with one attached hydrogen (secondary N) is 1. The fraction of sp³-hybridized carbons (Fsp3) is 0.381. The van der Waals surface area contributed by atoms with Crippen molar-refractivity contribution in [3.05, 3.63) is 70.1 Å². The van der Waals surface area contributed by atoms with Gasteiger partial charge < -0.3 is 4.98 Å². The second-order valence-electron chi connectivity index (χ2n) is 7.41. The molecule has 4 rings (SSSR count). The Hall–Kier alpha value is -2.29. The maximum atomic E-state index is 12.9. The molecule has 5 nitrogen and oxygen atoms in total. The van der Waals surface area contributed by atoms with E-state index in [0.29, 0.717) is 18.7 Å². The minimum Gasteiger partial charge on any atom is -0.306 e. The van der Waals surface area contributed by atoms with Crippen molar-refractivity contribution in [1.29, 1.82) is 0 Å². The number of rotatable bonds is 5. The highest BCUT2D eigenvalue weighted by molar-refractivity contribution is 5.85. The molecule has 0 aliphatic carbocycles. The van der Waals surface area contributed by atoms with Crippen LogP contribution in [-0.4, -0.2) is 52.1 Å². The van der Waals surface area contributed by atoms with Crippen LogP contribution in [0.1, 0.15) is 11.1 Å². The lowest BCUT2D eigenvalue weighted by Gasteiger charge is -2.34. The maximum absolute atomic E-state index is 12.9. The van der Waals surface area contributed by atoms with Gasteiger partial charge in [0.2, 0.25) is 0 Å². The molecule has 1 saturated heterocycles. The van der Waals surface area contributed by atoms with Crippen LogP contribution in [0, 0.1) is 0 Å². The molecule has 162 valence electrons. The molecule has 0 spiro atoms. The zero-order valence-corrected chi connectivity index (χ0v) is 17.2. The standard InChI is InChI=1S/C21H23F3N4O.ClH/c22-21(23,24)17-5-3-4-16(14-17)15-27-10-8-26(9-11-27)12-13-28-19-7-2-1-6-18(19)25-20(28)29;/h1-7,14H,8-13,15H2,(H,25,29);1H. The third-order valence-corrected chi connectivity index (χ3v) is 5.45. The van der Waals surface area contributed by atoms with Gasteiger partial charge in [0.15, 0.2) is 0 Å². The predicted octanol–water partition coefficient (Wildman–Crippen LogP) is 3.59. The van der Waals surface area contributed by atoms with Gasteiger partial charge in [-0.15, -0.1) is 12.4 Å². The van der Waals surface area contributed by atoms with Gasteiger partial charge in [-0.25, -0.2) is 4.79 Å². The number of hydrogen-bond acceptors (Lipinski definition) is 3. The number of nitrogens with zero attached hydrogens (tertiary/aromatic N) is 3. The van der Waals surface area contributed by atoms with E-state index < -0.39 is 11.7 Å². The Balaban J connectivity index is 0.00000256. The van der Waals surface area contributed by atoms with Crippen LogP contribution in [0.15, 0.2) is 53.3 Å². The van der Waals surface area contributed by atoms with E-state index in [4.69, 9.17) is 0 Å². The third-order valence-electron chi connectivity index (χ3n) is 5.45. The molecule has 0 atom stereocenters. The molecule has 1 aromatic heterocycles. The predicted molar refractivity (Wildman–Crippen MR) is 113 cm³/mol. The van der Waals surface area contributed by atoms with Gasteiger partial charge >= 0.3 is 11.9 Å². The second kappa shape index (κ2) is 9.24. The van der Waals surface area contributed by atoms with E-state index in [1.165, 1.54) is 12.1 Å². The molecular formula is C21H24ClF3N4O. The number of fused-ring (bicyclic) bond motifs is 1. The molecule has 3 aromatic rings. The maximum Gasteiger partial charge on any atom is 0.416 e. The Morgan fingerprint density at radius 3 is 2.33 bits per heavy atom. The smallest absolute Gasteiger partial charge is 0.306 e. The number of alkyl halides is 3. The van der Waals surface area contributed by atoms with Gasteiger partial charge in [0.05, 0.1) is 16.6 Å². The average Bonchev–Trinajstić information content (AvgIpc) is 3.02. The molecule has 2 aromatic carbocycles. The van der Waals surface area contributed by atoms with Gasteiger partial charge in [0, 0.05) is 45.8 Å². The van der Waals surface area contributed by atoms with Crippen LogP contribution in [0.4, 0.5) is 13.2 Å². The summed E-state index contributed by atoms with van der Waals surface area (Å²) in [6.07, 6.45) is -4.31. The fourth-order valence-electron chi connectivity index (χ4n) is 3.85. The molecule has 0 saturated carbocycles. The quantitative estimate of drug-likeness (QED) is 0.659. The van der Waals surface area contributed by atoms with Crippen LogP contribution in [0.5, 0.6) is 0 Å². The SMILES string of the molecule is Cl.O=c1[nH]c2ccccc2n1CCN1CCN(Cc2cccc(C(F)(F)F)c2)CC1. The minimum atomic E-state index is -4.31. The lowest BCUT2D eigenvalue weighted by Crippen LogP contribution is -2.47. The zero-order chi connectivity index (χ0) is 20.4. The van der Waals surface area contributed by atoms with Crippen molar-refractivity contribution in [3.8, 4) is 0 Å². The van der Waals surface area contributed by atoms with E-state index in [1.54, 1.807) is 10.6 Å². The number of aromatic amines is 1. The fourth-order valence-corrected chi connectivity index (χ4v) is 3.85. The molecule has 0 amide bonds. The highest BCUT2D eigenvalue weighted by atomic mass is 35.5. The molecule has 9 heteroatoms. The minimum absolute atomic E-state index is 0. The van der Waals surface area contributed by atoms with Gasteiger partial charge in [0.1, 0.15) is 0 Å². The van der Waals surface area contributed by atoms with Gasteiger partial charge in [-0.05, 0) is 23.8 Å². The highest BCUT2D eigenvalue weighted by Gasteiger charge is 2.30. The first-order chi connectivity index (χ1) is 13.9. The monoisotopic (exact) mass is 440 g/mol. The van der Waals surface area contributed by atoms with E-state index >= 15 is 0 Å². The zero-order valence-electron chi connectivity index (χ0n) is 16.4. The summed E-state index contributed by atoms with van der Waals surface area (Å²) in [6, 6.07) is 13.2. The Bertz CT molecular complexity index is 1040. The summed E-state index contributed by atoms with van der Waals surface area (Å²) >= 11 is 0. The summed E-state index contributed by atoms with van der Waals surface area (Å²) < 4.78 is 40.4. The van der Waals surface area contributed by atoms with Crippen molar-refractivity contribution in [2.45, 2.75) is 19.3 Å². The number of H-pyrrole nitrogens is 1. The topological polar surface area (TPSA) is 44.3 Å². The largest absolute Gasteiger partial charge is 0.416 e. The first-order valence-corrected chi connectivity index (χ1v) is 9.68. The first kappa shape index (κ1) is 22.4. The summed E-state index contributed by atoms with van der Waals surface area (Å²) in [5.41, 5.74) is 1.72. The second-order valence-corrected chi connectivity index (χ2v) is 7.41. The number of halogens is 4. The van der Waals surface area contributed by atoms with Gasteiger partial charge in [-0.1, -0.05) is 30.3 Å². The number of benzene rings is 2. The molecule has 1 aliphatic heterocycles. The summed E-state index contributed by atoms with van der Waals surface area (Å²) in [5, 5.41) is 0. The molecule has 0 radical (unpaired) electrons. The van der Waals surface area contributed by atoms with Crippen molar-refractivity contribution in [2.24, 2.45) is 0 Å². The van der Waals surface area contributed by atoms with E-state index in [0.717, 1.165) is 49.8 Å². The van der Waals surface area contributed by atoms with Gasteiger partial charge in [-0.3, -0.25) is 14.4 Å². The molecule has 0 bridgehead atoms. The number of hydrogen-bond donors (Lipinski definition) is 1. The molecule has 1 N–H and O–H groups in total. The van der Waals surface area contributed by atoms with Crippen LogP contribution in [0.2, 0.25) is 0 Å². The first-order valence-electron chi connectivity index (χ1n) is 9.68. The molecule has 2 heterocycles. The number of aromatic nitrogens is 2. The highest BCUT2D eigenvalue weighted by Crippen LogP contribution is 2.29. The average molecular weight is 441 g/mol. The van der Waals surface area contributed by atoms with E-state index in [2.05, 4.69) is 14.8 Å². The number of imidazole rings is 1. The molecule has 0 unspecified atom stereocenters. The van der Waals surface area contributed by atoms with Crippen LogP contribution < -0.4 is 5.69 Å². The van der Waals surface area contributed by atoms with Crippen LogP contribution >= 0.6 is 12.4 Å². The van der Waals surface area contributed by atoms with Gasteiger partial charge in [0.25, 0.3) is 0 Å². The van der Waals surface area contributed by atoms with Crippen molar-refractivity contribution in [2.75, 3.05) is 32.7 Å². The van der Waals surface area contributed by atoms with Crippen molar-refractivity contribution in [1.82, 2.24) is 19.4 Å². The molecule has 1 aliphatic rings. The van der Waals surface area contributed by atoms with Crippen molar-refractivity contribution in [3.63, 3.8) is 0 Å². The summed E-state index contributed by atoms with van der Waals surface area (Å²) in [7, 11) is 0. The van der Waals surface area contributed by atoms with Crippen molar-refractivity contribution < 1.29 is 13.2 Å². The molecule has 1 fully saturated rings. The van der Waals surface area contributed by atoms with E-state index in [1.807, 2.05) is 24.3 Å². The molecule has 30 heavy (non-hydrogen) atoms. The summed E-state index contributed by atoms with van der Waals surface area (Å²) in [6.45, 7) is 5.12. The lowest BCUT2D eigenvalue weighted by molar-refractivity contribution is -0.137. The number of para-hydroxylation sites is 2. The summed E-state index contributed by atoms with van der Waals surface area (Å²) in [4.78, 5) is 19.5. The Morgan fingerprint density at radius 1 is 0.900 bits per heavy atom. The van der Waals surface area contributed by atoms with Crippen LogP contribution in [0.25, 0.3) is 11.0 Å². The summed E-state index contributed by atoms with van der Waals surface area (Å²) in [5.74, 6) is 0. The van der Waals surface area contributed by atoms with Gasteiger partial charge in [-0.2, -0.15) is 13.2 Å². The molecular weight excluding hydrogens is 417 g/mol. The Labute approximate surface area is 178 Å². The number of piperazine rings is 1.